The second kappa shape index (κ2) is 6.89. The molecule has 2 fully saturated rings. The van der Waals surface area contributed by atoms with Gasteiger partial charge in [-0.15, -0.1) is 0 Å². The largest absolute Gasteiger partial charge is 0.497 e. The molecule has 2 aliphatic carbocycles. The molecule has 28 heavy (non-hydrogen) atoms. The molecule has 0 aliphatic heterocycles. The first kappa shape index (κ1) is 18.9. The number of nitrogen functional groups attached to an aromatic ring is 1. The second-order valence-corrected chi connectivity index (χ2v) is 7.47. The molecule has 1 aromatic carbocycles. The Labute approximate surface area is 166 Å². The van der Waals surface area contributed by atoms with Crippen LogP contribution in [0.3, 0.4) is 0 Å². The number of methoxy groups -OCH3 is 1. The van der Waals surface area contributed by atoms with Gasteiger partial charge in [-0.1, -0.05) is 29.8 Å². The lowest BCUT2D eigenvalue weighted by Crippen LogP contribution is -2.42. The number of rotatable bonds is 5. The molecule has 0 amide bonds. The third-order valence-electron chi connectivity index (χ3n) is 5.48. The number of nitrogens with one attached hydrogen (secondary N) is 1. The molecule has 0 spiro atoms. The minimum absolute atomic E-state index is 0.0116. The van der Waals surface area contributed by atoms with Gasteiger partial charge >= 0.3 is 0 Å². The van der Waals surface area contributed by atoms with E-state index in [-0.39, 0.29) is 17.0 Å². The predicted molar refractivity (Wildman–Crippen MR) is 106 cm³/mol. The molecule has 1 heterocycles. The van der Waals surface area contributed by atoms with E-state index in [1.54, 1.807) is 13.2 Å². The van der Waals surface area contributed by atoms with E-state index in [0.717, 1.165) is 11.3 Å². The van der Waals surface area contributed by atoms with E-state index < -0.39 is 23.9 Å². The summed E-state index contributed by atoms with van der Waals surface area (Å²) in [6.07, 6.45) is 1.95. The molecule has 8 nitrogen and oxygen atoms in total. The summed E-state index contributed by atoms with van der Waals surface area (Å²) >= 11 is 6.27. The lowest BCUT2D eigenvalue weighted by molar-refractivity contribution is -0.0262. The lowest BCUT2D eigenvalue weighted by atomic mass is 10.1. The van der Waals surface area contributed by atoms with Gasteiger partial charge in [0, 0.05) is 5.92 Å². The van der Waals surface area contributed by atoms with Crippen LogP contribution in [-0.2, 0) is 0 Å². The average Bonchev–Trinajstić information content (AvgIpc) is 3.08. The van der Waals surface area contributed by atoms with Gasteiger partial charge < -0.3 is 31.1 Å². The molecular formula is C19H21ClN4O4. The third kappa shape index (κ3) is 3.08. The van der Waals surface area contributed by atoms with Crippen molar-refractivity contribution in [2.24, 2.45) is 5.92 Å². The average molecular weight is 405 g/mol. The zero-order valence-electron chi connectivity index (χ0n) is 15.1. The van der Waals surface area contributed by atoms with Crippen molar-refractivity contribution < 1.29 is 20.1 Å². The SMILES string of the molecule is COc1cccc(C=Cc2c(Cl)nc(N)nc2NC2CC3C(O)C3(O)C2O)c1. The fraction of sp³-hybridized carbons (Fsp3) is 0.368. The van der Waals surface area contributed by atoms with Gasteiger partial charge in [-0.3, -0.25) is 0 Å². The number of ether oxygens (including phenoxy) is 1. The molecular weight excluding hydrogens is 384 g/mol. The molecule has 6 N–H and O–H groups in total. The number of hydrogen-bond donors (Lipinski definition) is 5. The number of nitrogens with zero attached hydrogens (tertiary/aromatic N) is 2. The van der Waals surface area contributed by atoms with Crippen molar-refractivity contribution in [2.45, 2.75) is 30.3 Å². The number of anilines is 2. The number of aromatic nitrogens is 2. The van der Waals surface area contributed by atoms with Gasteiger partial charge in [0.1, 0.15) is 28.4 Å². The van der Waals surface area contributed by atoms with Crippen molar-refractivity contribution in [2.75, 3.05) is 18.2 Å². The summed E-state index contributed by atoms with van der Waals surface area (Å²) in [5.41, 5.74) is 5.65. The van der Waals surface area contributed by atoms with Crippen molar-refractivity contribution >= 4 is 35.5 Å². The van der Waals surface area contributed by atoms with Gasteiger partial charge in [0.15, 0.2) is 0 Å². The zero-order valence-corrected chi connectivity index (χ0v) is 15.8. The Balaban J connectivity index is 1.60. The van der Waals surface area contributed by atoms with Crippen LogP contribution in [0.25, 0.3) is 12.2 Å². The van der Waals surface area contributed by atoms with Gasteiger partial charge in [0.2, 0.25) is 5.95 Å². The molecule has 4 rings (SSSR count). The second-order valence-electron chi connectivity index (χ2n) is 7.11. The Morgan fingerprint density at radius 3 is 2.75 bits per heavy atom. The van der Waals surface area contributed by atoms with E-state index in [0.29, 0.717) is 17.8 Å². The van der Waals surface area contributed by atoms with E-state index in [4.69, 9.17) is 22.1 Å². The highest BCUT2D eigenvalue weighted by molar-refractivity contribution is 6.31. The van der Waals surface area contributed by atoms with Crippen LogP contribution >= 0.6 is 11.6 Å². The van der Waals surface area contributed by atoms with E-state index in [9.17, 15) is 15.3 Å². The van der Waals surface area contributed by atoms with Gasteiger partial charge in [-0.2, -0.15) is 4.98 Å². The maximum absolute atomic E-state index is 10.4. The van der Waals surface area contributed by atoms with Gasteiger partial charge in [-0.05, 0) is 30.2 Å². The number of aliphatic hydroxyl groups excluding tert-OH is 2. The Kier molecular flexibility index (Phi) is 4.67. The first-order valence-electron chi connectivity index (χ1n) is 8.84. The normalized spacial score (nSPS) is 31.0. The van der Waals surface area contributed by atoms with Gasteiger partial charge in [0.05, 0.1) is 24.8 Å². The molecule has 0 radical (unpaired) electrons. The van der Waals surface area contributed by atoms with Gasteiger partial charge in [0.25, 0.3) is 0 Å². The van der Waals surface area contributed by atoms with E-state index >= 15 is 0 Å². The van der Waals surface area contributed by atoms with Crippen LogP contribution in [0.1, 0.15) is 17.5 Å². The summed E-state index contributed by atoms with van der Waals surface area (Å²) in [7, 11) is 1.60. The monoisotopic (exact) mass is 404 g/mol. The summed E-state index contributed by atoms with van der Waals surface area (Å²) in [6, 6.07) is 6.98. The lowest BCUT2D eigenvalue weighted by Gasteiger charge is -2.24. The maximum atomic E-state index is 10.4. The fourth-order valence-electron chi connectivity index (χ4n) is 3.84. The van der Waals surface area contributed by atoms with Crippen LogP contribution in [-0.4, -0.2) is 56.2 Å². The minimum Gasteiger partial charge on any atom is -0.497 e. The number of benzene rings is 1. The fourth-order valence-corrected chi connectivity index (χ4v) is 4.08. The predicted octanol–water partition coefficient (Wildman–Crippen LogP) is 1.16. The maximum Gasteiger partial charge on any atom is 0.223 e. The molecule has 0 bridgehead atoms. The van der Waals surface area contributed by atoms with Crippen LogP contribution in [0.2, 0.25) is 5.15 Å². The minimum atomic E-state index is -1.46. The highest BCUT2D eigenvalue weighted by Crippen LogP contribution is 2.56. The first-order valence-corrected chi connectivity index (χ1v) is 9.22. The number of halogens is 1. The smallest absolute Gasteiger partial charge is 0.223 e. The van der Waals surface area contributed by atoms with Crippen molar-refractivity contribution in [3.05, 3.63) is 40.5 Å². The molecule has 2 saturated carbocycles. The molecule has 148 valence electrons. The van der Waals surface area contributed by atoms with E-state index in [1.807, 2.05) is 30.3 Å². The van der Waals surface area contributed by atoms with Crippen LogP contribution < -0.4 is 15.8 Å². The highest BCUT2D eigenvalue weighted by Gasteiger charge is 2.74. The zero-order chi connectivity index (χ0) is 20.1. The standard InChI is InChI=1S/C19H21ClN4O4/c1-28-10-4-2-3-9(7-10)5-6-11-16(20)23-18(21)24-17(11)22-13-8-12-14(25)19(12,27)15(13)26/h2-7,12-15,25-27H,8H2,1H3,(H3,21,22,23,24). The Hall–Kier alpha value is -2.39. The summed E-state index contributed by atoms with van der Waals surface area (Å²) in [4.78, 5) is 8.19. The summed E-state index contributed by atoms with van der Waals surface area (Å²) < 4.78 is 5.22. The highest BCUT2D eigenvalue weighted by atomic mass is 35.5. The first-order chi connectivity index (χ1) is 13.3. The topological polar surface area (TPSA) is 134 Å². The number of nitrogens with two attached hydrogens (primary N) is 1. The Morgan fingerprint density at radius 2 is 2.07 bits per heavy atom. The molecule has 9 heteroatoms. The summed E-state index contributed by atoms with van der Waals surface area (Å²) in [5, 5.41) is 33.6. The third-order valence-corrected chi connectivity index (χ3v) is 5.77. The van der Waals surface area contributed by atoms with Crippen molar-refractivity contribution in [1.82, 2.24) is 9.97 Å². The molecule has 2 aromatic rings. The number of fused-ring (bicyclic) bond motifs is 1. The van der Waals surface area contributed by atoms with Gasteiger partial charge in [-0.25, -0.2) is 4.98 Å². The number of hydrogen-bond acceptors (Lipinski definition) is 8. The van der Waals surface area contributed by atoms with Crippen LogP contribution in [0.5, 0.6) is 5.75 Å². The van der Waals surface area contributed by atoms with E-state index in [1.165, 1.54) is 0 Å². The number of aliphatic hydroxyl groups is 3. The Morgan fingerprint density at radius 1 is 1.29 bits per heavy atom. The molecule has 5 atom stereocenters. The molecule has 5 unspecified atom stereocenters. The Bertz CT molecular complexity index is 940. The van der Waals surface area contributed by atoms with Crippen LogP contribution in [0.4, 0.5) is 11.8 Å². The summed E-state index contributed by atoms with van der Waals surface area (Å²) in [5.74, 6) is 0.702. The van der Waals surface area contributed by atoms with Crippen molar-refractivity contribution in [1.29, 1.82) is 0 Å². The molecule has 2 aliphatic rings. The quantitative estimate of drug-likeness (QED) is 0.469. The molecule has 1 aromatic heterocycles. The van der Waals surface area contributed by atoms with Crippen LogP contribution in [0.15, 0.2) is 24.3 Å². The van der Waals surface area contributed by atoms with E-state index in [2.05, 4.69) is 15.3 Å². The molecule has 0 saturated heterocycles. The summed E-state index contributed by atoms with van der Waals surface area (Å²) in [6.45, 7) is 0. The van der Waals surface area contributed by atoms with Crippen molar-refractivity contribution in [3.8, 4) is 5.75 Å². The van der Waals surface area contributed by atoms with Crippen molar-refractivity contribution in [3.63, 3.8) is 0 Å². The van der Waals surface area contributed by atoms with Crippen LogP contribution in [0, 0.1) is 5.92 Å².